The third-order valence-corrected chi connectivity index (χ3v) is 6.51. The number of likely N-dealkylation sites (N-methyl/N-ethyl adjacent to an activating group) is 1. The fourth-order valence-electron chi connectivity index (χ4n) is 5.43. The molecule has 2 atom stereocenters. The second-order valence-electron chi connectivity index (χ2n) is 7.00. The number of nitrogens with zero attached hydrogens (tertiary/aromatic N) is 2. The normalized spacial score (nSPS) is 30.9. The van der Waals surface area contributed by atoms with Gasteiger partial charge in [0.15, 0.2) is 0 Å². The van der Waals surface area contributed by atoms with Crippen molar-refractivity contribution < 1.29 is 9.53 Å². The fraction of sp³-hybridized carbons (Fsp3) is 0.526. The zero-order valence-electron chi connectivity index (χ0n) is 14.3. The molecule has 0 bridgehead atoms. The third kappa shape index (κ3) is 1.62. The van der Waals surface area contributed by atoms with Crippen molar-refractivity contribution in [2.45, 2.75) is 43.7 Å². The molecule has 3 aliphatic rings. The first kappa shape index (κ1) is 15.8. The number of anilines is 1. The van der Waals surface area contributed by atoms with Crippen molar-refractivity contribution in [3.05, 3.63) is 40.9 Å². The minimum absolute atomic E-state index is 0.222. The summed E-state index contributed by atoms with van der Waals surface area (Å²) >= 11 is 6.33. The van der Waals surface area contributed by atoms with E-state index in [2.05, 4.69) is 30.7 Å². The molecule has 4 nitrogen and oxygen atoms in total. The molecule has 1 aromatic rings. The van der Waals surface area contributed by atoms with Gasteiger partial charge in [-0.05, 0) is 56.4 Å². The summed E-state index contributed by atoms with van der Waals surface area (Å²) in [4.78, 5) is 16.9. The first-order chi connectivity index (χ1) is 11.5. The van der Waals surface area contributed by atoms with Gasteiger partial charge >= 0.3 is 6.09 Å². The summed E-state index contributed by atoms with van der Waals surface area (Å²) in [6.45, 7) is 7.37. The average molecular weight is 347 g/mol. The number of carbonyl (C=O) groups is 1. The molecule has 0 unspecified atom stereocenters. The maximum absolute atomic E-state index is 12.7. The Balaban J connectivity index is 1.95. The third-order valence-electron chi connectivity index (χ3n) is 6.27. The number of hydrogen-bond acceptors (Lipinski definition) is 3. The highest BCUT2D eigenvalue weighted by atomic mass is 35.5. The quantitative estimate of drug-likeness (QED) is 0.710. The molecule has 1 saturated heterocycles. The molecule has 2 fully saturated rings. The van der Waals surface area contributed by atoms with E-state index in [1.807, 2.05) is 17.9 Å². The topological polar surface area (TPSA) is 32.8 Å². The van der Waals surface area contributed by atoms with Crippen LogP contribution in [0.4, 0.5) is 10.5 Å². The summed E-state index contributed by atoms with van der Waals surface area (Å²) in [7, 11) is 2.09. The number of carbonyl (C=O) groups excluding carboxylic acids is 1. The molecule has 1 saturated carbocycles. The van der Waals surface area contributed by atoms with E-state index in [1.165, 1.54) is 11.1 Å². The number of halogens is 1. The molecule has 4 rings (SSSR count). The van der Waals surface area contributed by atoms with Gasteiger partial charge in [-0.2, -0.15) is 0 Å². The minimum atomic E-state index is -0.415. The van der Waals surface area contributed by atoms with Crippen LogP contribution in [0.3, 0.4) is 0 Å². The fourth-order valence-corrected chi connectivity index (χ4v) is 5.60. The lowest BCUT2D eigenvalue weighted by molar-refractivity contribution is 0.0497. The van der Waals surface area contributed by atoms with Gasteiger partial charge in [0.05, 0.1) is 12.0 Å². The standard InChI is InChI=1S/C19H23ClN2O2/c1-4-24-17(23)22-11-10-18-13(2)6-5-9-19(18,22)21(3)16-8-7-14(20)12-15(16)18/h7-8,12H,2,4-6,9-11H2,1,3H3/t18-,19+/m0/s1. The van der Waals surface area contributed by atoms with Crippen molar-refractivity contribution in [1.82, 2.24) is 4.90 Å². The maximum atomic E-state index is 12.7. The van der Waals surface area contributed by atoms with Gasteiger partial charge in [0.2, 0.25) is 0 Å². The number of rotatable bonds is 1. The molecule has 0 spiro atoms. The van der Waals surface area contributed by atoms with Crippen LogP contribution in [0.2, 0.25) is 5.02 Å². The van der Waals surface area contributed by atoms with Crippen LogP contribution in [-0.2, 0) is 10.2 Å². The molecule has 0 N–H and O–H groups in total. The molecule has 2 heterocycles. The SMILES string of the molecule is C=C1CCC[C@@]23N(C(=O)OCC)CC[C@@]12c1cc(Cl)ccc1N3C. The van der Waals surface area contributed by atoms with Crippen LogP contribution in [0.5, 0.6) is 0 Å². The smallest absolute Gasteiger partial charge is 0.411 e. The maximum Gasteiger partial charge on any atom is 0.411 e. The minimum Gasteiger partial charge on any atom is -0.450 e. The van der Waals surface area contributed by atoms with Gasteiger partial charge in [-0.3, -0.25) is 4.90 Å². The Labute approximate surface area is 148 Å². The lowest BCUT2D eigenvalue weighted by Crippen LogP contribution is -2.65. The molecule has 5 heteroatoms. The van der Waals surface area contributed by atoms with Crippen LogP contribution in [0.15, 0.2) is 30.4 Å². The van der Waals surface area contributed by atoms with Gasteiger partial charge in [-0.1, -0.05) is 23.8 Å². The van der Waals surface area contributed by atoms with E-state index in [1.54, 1.807) is 0 Å². The molecular weight excluding hydrogens is 324 g/mol. The van der Waals surface area contributed by atoms with Crippen LogP contribution in [0.1, 0.15) is 38.2 Å². The van der Waals surface area contributed by atoms with Crippen molar-refractivity contribution in [2.24, 2.45) is 0 Å². The summed E-state index contributed by atoms with van der Waals surface area (Å²) in [6.07, 6.45) is 3.61. The van der Waals surface area contributed by atoms with Gasteiger partial charge in [-0.25, -0.2) is 4.79 Å². The van der Waals surface area contributed by atoms with Crippen molar-refractivity contribution in [3.8, 4) is 0 Å². The Kier molecular flexibility index (Phi) is 3.40. The highest BCUT2D eigenvalue weighted by Gasteiger charge is 2.70. The summed E-state index contributed by atoms with van der Waals surface area (Å²) in [6, 6.07) is 6.07. The van der Waals surface area contributed by atoms with E-state index in [9.17, 15) is 4.79 Å². The van der Waals surface area contributed by atoms with E-state index < -0.39 is 5.66 Å². The Bertz CT molecular complexity index is 734. The monoisotopic (exact) mass is 346 g/mol. The zero-order valence-corrected chi connectivity index (χ0v) is 15.0. The van der Waals surface area contributed by atoms with E-state index in [0.717, 1.165) is 36.4 Å². The number of likely N-dealkylation sites (tertiary alicyclic amines) is 1. The predicted octanol–water partition coefficient (Wildman–Crippen LogP) is 4.33. The van der Waals surface area contributed by atoms with Gasteiger partial charge in [0.1, 0.15) is 5.66 Å². The summed E-state index contributed by atoms with van der Waals surface area (Å²) in [5.74, 6) is 0. The number of fused-ring (bicyclic) bond motifs is 1. The molecule has 1 aromatic carbocycles. The lowest BCUT2D eigenvalue weighted by atomic mass is 9.61. The van der Waals surface area contributed by atoms with Crippen LogP contribution in [0, 0.1) is 0 Å². The predicted molar refractivity (Wildman–Crippen MR) is 95.6 cm³/mol. The van der Waals surface area contributed by atoms with Gasteiger partial charge in [0, 0.05) is 24.3 Å². The van der Waals surface area contributed by atoms with Crippen molar-refractivity contribution in [2.75, 3.05) is 25.1 Å². The zero-order chi connectivity index (χ0) is 17.1. The van der Waals surface area contributed by atoms with Gasteiger partial charge in [-0.15, -0.1) is 0 Å². The summed E-state index contributed by atoms with van der Waals surface area (Å²) in [5, 5.41) is 0.736. The van der Waals surface area contributed by atoms with Crippen molar-refractivity contribution in [3.63, 3.8) is 0 Å². The van der Waals surface area contributed by atoms with Crippen LogP contribution in [0.25, 0.3) is 0 Å². The molecule has 1 amide bonds. The average Bonchev–Trinajstić information content (AvgIpc) is 3.01. The highest BCUT2D eigenvalue weighted by Crippen LogP contribution is 2.65. The number of amides is 1. The Morgan fingerprint density at radius 3 is 2.96 bits per heavy atom. The summed E-state index contributed by atoms with van der Waals surface area (Å²) in [5.41, 5.74) is 2.92. The lowest BCUT2D eigenvalue weighted by Gasteiger charge is -2.52. The highest BCUT2D eigenvalue weighted by molar-refractivity contribution is 6.30. The Morgan fingerprint density at radius 1 is 1.42 bits per heavy atom. The molecular formula is C19H23ClN2O2. The Hall–Kier alpha value is -1.68. The van der Waals surface area contributed by atoms with Crippen LogP contribution >= 0.6 is 11.6 Å². The van der Waals surface area contributed by atoms with Crippen LogP contribution < -0.4 is 4.90 Å². The van der Waals surface area contributed by atoms with Crippen LogP contribution in [-0.4, -0.2) is 36.9 Å². The van der Waals surface area contributed by atoms with Crippen molar-refractivity contribution >= 4 is 23.4 Å². The molecule has 1 aliphatic carbocycles. The van der Waals surface area contributed by atoms with E-state index in [4.69, 9.17) is 16.3 Å². The first-order valence-corrected chi connectivity index (χ1v) is 9.03. The van der Waals surface area contributed by atoms with Crippen molar-refractivity contribution in [1.29, 1.82) is 0 Å². The molecule has 2 aliphatic heterocycles. The molecule has 0 aromatic heterocycles. The molecule has 128 valence electrons. The number of hydrogen-bond donors (Lipinski definition) is 0. The molecule has 0 radical (unpaired) electrons. The molecule has 24 heavy (non-hydrogen) atoms. The Morgan fingerprint density at radius 2 is 2.21 bits per heavy atom. The van der Waals surface area contributed by atoms with Gasteiger partial charge in [0.25, 0.3) is 0 Å². The largest absolute Gasteiger partial charge is 0.450 e. The van der Waals surface area contributed by atoms with E-state index in [0.29, 0.717) is 13.2 Å². The second-order valence-corrected chi connectivity index (χ2v) is 7.44. The number of benzene rings is 1. The van der Waals surface area contributed by atoms with E-state index >= 15 is 0 Å². The number of ether oxygens (including phenoxy) is 1. The second kappa shape index (κ2) is 5.16. The van der Waals surface area contributed by atoms with E-state index in [-0.39, 0.29) is 11.5 Å². The summed E-state index contributed by atoms with van der Waals surface area (Å²) < 4.78 is 5.39. The first-order valence-electron chi connectivity index (χ1n) is 8.65. The van der Waals surface area contributed by atoms with Gasteiger partial charge < -0.3 is 9.64 Å².